The number of carbonyl (C=O) groups is 1. The summed E-state index contributed by atoms with van der Waals surface area (Å²) in [4.78, 5) is 11.2. The monoisotopic (exact) mass is 274 g/mol. The van der Waals surface area contributed by atoms with Crippen molar-refractivity contribution in [2.24, 2.45) is 0 Å². The van der Waals surface area contributed by atoms with Crippen LogP contribution in [0.3, 0.4) is 0 Å². The number of benzene rings is 2. The highest BCUT2D eigenvalue weighted by Crippen LogP contribution is 2.42. The average molecular weight is 274 g/mol. The number of carbonyl (C=O) groups excluding carboxylic acids is 1. The van der Waals surface area contributed by atoms with E-state index in [0.29, 0.717) is 28.2 Å². The van der Waals surface area contributed by atoms with E-state index in [4.69, 9.17) is 9.47 Å². The number of aromatic hydroxyl groups is 1. The molecule has 0 aliphatic heterocycles. The van der Waals surface area contributed by atoms with Crippen LogP contribution in [0.4, 0.5) is 0 Å². The lowest BCUT2D eigenvalue weighted by atomic mass is 9.98. The molecule has 2 aromatic carbocycles. The zero-order valence-corrected chi connectivity index (χ0v) is 12.1. The summed E-state index contributed by atoms with van der Waals surface area (Å²) in [5.41, 5.74) is 1.10. The van der Waals surface area contributed by atoms with Gasteiger partial charge in [-0.25, -0.2) is 0 Å². The zero-order chi connectivity index (χ0) is 14.9. The molecular weight excluding hydrogens is 256 g/mol. The van der Waals surface area contributed by atoms with E-state index < -0.39 is 5.97 Å². The summed E-state index contributed by atoms with van der Waals surface area (Å²) >= 11 is 0. The molecule has 20 heavy (non-hydrogen) atoms. The van der Waals surface area contributed by atoms with Crippen molar-refractivity contribution in [2.45, 2.75) is 26.7 Å². The fourth-order valence-electron chi connectivity index (χ4n) is 2.13. The lowest BCUT2D eigenvalue weighted by Crippen LogP contribution is -2.04. The van der Waals surface area contributed by atoms with Gasteiger partial charge < -0.3 is 14.6 Å². The van der Waals surface area contributed by atoms with Crippen molar-refractivity contribution in [3.8, 4) is 17.2 Å². The highest BCUT2D eigenvalue weighted by atomic mass is 16.6. The van der Waals surface area contributed by atoms with Gasteiger partial charge in [-0.15, -0.1) is 0 Å². The number of ether oxygens (including phenoxy) is 2. The molecule has 2 aromatic rings. The first-order valence-electron chi connectivity index (χ1n) is 6.46. The van der Waals surface area contributed by atoms with Crippen molar-refractivity contribution < 1.29 is 19.4 Å². The third kappa shape index (κ3) is 2.54. The van der Waals surface area contributed by atoms with Crippen LogP contribution in [0.25, 0.3) is 10.8 Å². The van der Waals surface area contributed by atoms with E-state index in [1.54, 1.807) is 0 Å². The van der Waals surface area contributed by atoms with Gasteiger partial charge in [0.15, 0.2) is 11.5 Å². The number of methoxy groups -OCH3 is 1. The second-order valence-corrected chi connectivity index (χ2v) is 4.98. The van der Waals surface area contributed by atoms with Crippen molar-refractivity contribution in [3.63, 3.8) is 0 Å². The van der Waals surface area contributed by atoms with Crippen molar-refractivity contribution in [3.05, 3.63) is 29.8 Å². The van der Waals surface area contributed by atoms with Gasteiger partial charge in [-0.2, -0.15) is 0 Å². The first-order chi connectivity index (χ1) is 9.43. The molecule has 0 aromatic heterocycles. The average Bonchev–Trinajstić information content (AvgIpc) is 2.40. The van der Waals surface area contributed by atoms with Gasteiger partial charge in [-0.05, 0) is 17.5 Å². The van der Waals surface area contributed by atoms with Gasteiger partial charge in [0.2, 0.25) is 0 Å². The fourth-order valence-corrected chi connectivity index (χ4v) is 2.13. The summed E-state index contributed by atoms with van der Waals surface area (Å²) in [5, 5.41) is 11.4. The summed E-state index contributed by atoms with van der Waals surface area (Å²) in [7, 11) is 1.47. The molecule has 0 aliphatic carbocycles. The van der Waals surface area contributed by atoms with Crippen LogP contribution in [0.1, 0.15) is 32.3 Å². The maximum atomic E-state index is 11.2. The Morgan fingerprint density at radius 1 is 1.20 bits per heavy atom. The normalized spacial score (nSPS) is 10.8. The number of hydrogen-bond acceptors (Lipinski definition) is 4. The van der Waals surface area contributed by atoms with Gasteiger partial charge in [0.1, 0.15) is 5.75 Å². The Balaban J connectivity index is 2.74. The molecule has 0 spiro atoms. The summed E-state index contributed by atoms with van der Waals surface area (Å²) in [6.07, 6.45) is 0. The fraction of sp³-hybridized carbons (Fsp3) is 0.312. The predicted octanol–water partition coefficient (Wildman–Crippen LogP) is 3.60. The Hall–Kier alpha value is -2.23. The minimum Gasteiger partial charge on any atom is -0.507 e. The van der Waals surface area contributed by atoms with E-state index in [1.807, 2.05) is 18.2 Å². The van der Waals surface area contributed by atoms with E-state index in [1.165, 1.54) is 20.1 Å². The summed E-state index contributed by atoms with van der Waals surface area (Å²) in [5.74, 6) is 0.696. The Morgan fingerprint density at radius 2 is 1.90 bits per heavy atom. The third-order valence-corrected chi connectivity index (χ3v) is 3.19. The van der Waals surface area contributed by atoms with E-state index in [9.17, 15) is 9.90 Å². The number of phenols is 1. The second kappa shape index (κ2) is 5.41. The number of phenolic OH excluding ortho intramolecular Hbond substituents is 1. The second-order valence-electron chi connectivity index (χ2n) is 4.98. The third-order valence-electron chi connectivity index (χ3n) is 3.19. The molecule has 1 N–H and O–H groups in total. The van der Waals surface area contributed by atoms with Crippen LogP contribution in [-0.2, 0) is 4.79 Å². The Morgan fingerprint density at radius 3 is 2.45 bits per heavy atom. The molecule has 0 aliphatic rings. The van der Waals surface area contributed by atoms with Gasteiger partial charge in [-0.1, -0.05) is 26.0 Å². The standard InChI is InChI=1S/C16H18O4/c1-9(2)11-5-6-12-13(7-11)14(18)8-15(19-4)16(12)20-10(3)17/h5-9,18H,1-4H3. The topological polar surface area (TPSA) is 55.8 Å². The first kappa shape index (κ1) is 14.2. The zero-order valence-electron chi connectivity index (χ0n) is 12.1. The van der Waals surface area contributed by atoms with Gasteiger partial charge in [-0.3, -0.25) is 4.79 Å². The Bertz CT molecular complexity index is 659. The highest BCUT2D eigenvalue weighted by molar-refractivity contribution is 5.97. The Kier molecular flexibility index (Phi) is 3.84. The molecule has 0 radical (unpaired) electrons. The van der Waals surface area contributed by atoms with Crippen LogP contribution in [-0.4, -0.2) is 18.2 Å². The molecule has 0 bridgehead atoms. The highest BCUT2D eigenvalue weighted by Gasteiger charge is 2.16. The van der Waals surface area contributed by atoms with Gasteiger partial charge in [0, 0.05) is 23.8 Å². The molecule has 0 saturated heterocycles. The maximum absolute atomic E-state index is 11.2. The lowest BCUT2D eigenvalue weighted by molar-refractivity contribution is -0.131. The van der Waals surface area contributed by atoms with Crippen molar-refractivity contribution in [1.29, 1.82) is 0 Å². The van der Waals surface area contributed by atoms with E-state index in [2.05, 4.69) is 13.8 Å². The van der Waals surface area contributed by atoms with Crippen LogP contribution in [0, 0.1) is 0 Å². The summed E-state index contributed by atoms with van der Waals surface area (Å²) in [6.45, 7) is 5.49. The van der Waals surface area contributed by atoms with E-state index >= 15 is 0 Å². The number of fused-ring (bicyclic) bond motifs is 1. The molecule has 0 amide bonds. The number of esters is 1. The lowest BCUT2D eigenvalue weighted by Gasteiger charge is -2.14. The molecule has 2 rings (SSSR count). The van der Waals surface area contributed by atoms with Crippen LogP contribution in [0.2, 0.25) is 0 Å². The molecule has 4 heteroatoms. The SMILES string of the molecule is COc1cc(O)c2cc(C(C)C)ccc2c1OC(C)=O. The molecule has 106 valence electrons. The van der Waals surface area contributed by atoms with Crippen LogP contribution in [0.15, 0.2) is 24.3 Å². The van der Waals surface area contributed by atoms with E-state index in [-0.39, 0.29) is 5.75 Å². The van der Waals surface area contributed by atoms with Gasteiger partial charge in [0.05, 0.1) is 7.11 Å². The molecule has 4 nitrogen and oxygen atoms in total. The number of rotatable bonds is 3. The predicted molar refractivity (Wildman–Crippen MR) is 77.6 cm³/mol. The molecule has 0 unspecified atom stereocenters. The first-order valence-corrected chi connectivity index (χ1v) is 6.46. The van der Waals surface area contributed by atoms with Crippen molar-refractivity contribution in [1.82, 2.24) is 0 Å². The van der Waals surface area contributed by atoms with Gasteiger partial charge in [0.25, 0.3) is 0 Å². The van der Waals surface area contributed by atoms with Crippen LogP contribution < -0.4 is 9.47 Å². The molecular formula is C16H18O4. The minimum absolute atomic E-state index is 0.107. The summed E-state index contributed by atoms with van der Waals surface area (Å²) in [6, 6.07) is 7.16. The number of hydrogen-bond donors (Lipinski definition) is 1. The maximum Gasteiger partial charge on any atom is 0.308 e. The quantitative estimate of drug-likeness (QED) is 0.686. The van der Waals surface area contributed by atoms with Crippen LogP contribution >= 0.6 is 0 Å². The largest absolute Gasteiger partial charge is 0.507 e. The summed E-state index contributed by atoms with van der Waals surface area (Å²) < 4.78 is 10.4. The Labute approximate surface area is 117 Å². The molecule has 0 fully saturated rings. The van der Waals surface area contributed by atoms with Crippen molar-refractivity contribution >= 4 is 16.7 Å². The van der Waals surface area contributed by atoms with Crippen molar-refractivity contribution in [2.75, 3.05) is 7.11 Å². The van der Waals surface area contributed by atoms with E-state index in [0.717, 1.165) is 5.56 Å². The molecule has 0 saturated carbocycles. The van der Waals surface area contributed by atoms with Gasteiger partial charge >= 0.3 is 5.97 Å². The molecule has 0 heterocycles. The molecule has 0 atom stereocenters. The van der Waals surface area contributed by atoms with Crippen LogP contribution in [0.5, 0.6) is 17.2 Å². The minimum atomic E-state index is -0.428. The smallest absolute Gasteiger partial charge is 0.308 e.